The number of piperidine rings is 1. The molecule has 1 amide bonds. The molecule has 1 aromatic rings. The summed E-state index contributed by atoms with van der Waals surface area (Å²) in [5.41, 5.74) is 0.833. The molecule has 148 valence electrons. The molecule has 27 heavy (non-hydrogen) atoms. The highest BCUT2D eigenvalue weighted by molar-refractivity contribution is 5.97. The molecule has 0 radical (unpaired) electrons. The van der Waals surface area contributed by atoms with E-state index in [0.29, 0.717) is 18.4 Å². The summed E-state index contributed by atoms with van der Waals surface area (Å²) in [6.07, 6.45) is 1.27. The van der Waals surface area contributed by atoms with E-state index in [4.69, 9.17) is 4.74 Å². The van der Waals surface area contributed by atoms with Gasteiger partial charge >= 0.3 is 5.97 Å². The molecular formula is C21H30N2O4. The lowest BCUT2D eigenvalue weighted by Crippen LogP contribution is -2.58. The maximum absolute atomic E-state index is 13.3. The molecular weight excluding hydrogens is 344 g/mol. The van der Waals surface area contributed by atoms with Gasteiger partial charge in [-0.2, -0.15) is 0 Å². The normalized spacial score (nSPS) is 23.0. The number of aliphatic carboxylic acids is 1. The van der Waals surface area contributed by atoms with Gasteiger partial charge < -0.3 is 14.7 Å². The number of benzene rings is 1. The lowest BCUT2D eigenvalue weighted by Gasteiger charge is -2.44. The third-order valence-electron chi connectivity index (χ3n) is 5.85. The number of carboxylic acids is 1. The number of carbonyl (C=O) groups is 2. The van der Waals surface area contributed by atoms with E-state index in [-0.39, 0.29) is 17.9 Å². The van der Waals surface area contributed by atoms with Gasteiger partial charge in [-0.15, -0.1) is 0 Å². The lowest BCUT2D eigenvalue weighted by molar-refractivity contribution is -0.143. The summed E-state index contributed by atoms with van der Waals surface area (Å²) < 4.78 is 5.98. The van der Waals surface area contributed by atoms with Crippen LogP contribution < -0.4 is 0 Å². The number of nitrogens with zero attached hydrogens (tertiary/aromatic N) is 2. The minimum atomic E-state index is -1.01. The molecule has 0 bridgehead atoms. The van der Waals surface area contributed by atoms with Crippen LogP contribution in [0.15, 0.2) is 24.3 Å². The molecule has 1 spiro atoms. The van der Waals surface area contributed by atoms with E-state index in [9.17, 15) is 14.7 Å². The monoisotopic (exact) mass is 374 g/mol. The number of likely N-dealkylation sites (tertiary alicyclic amines) is 1. The van der Waals surface area contributed by atoms with Crippen molar-refractivity contribution in [1.29, 1.82) is 0 Å². The Morgan fingerprint density at radius 2 is 1.78 bits per heavy atom. The quantitative estimate of drug-likeness (QED) is 0.881. The maximum Gasteiger partial charge on any atom is 0.328 e. The molecule has 3 rings (SSSR count). The van der Waals surface area contributed by atoms with Crippen LogP contribution in [0.25, 0.3) is 0 Å². The Labute approximate surface area is 161 Å². The topological polar surface area (TPSA) is 70.1 Å². The molecule has 6 heteroatoms. The zero-order valence-electron chi connectivity index (χ0n) is 16.7. The van der Waals surface area contributed by atoms with Gasteiger partial charge in [0.2, 0.25) is 0 Å². The molecule has 1 aromatic carbocycles. The van der Waals surface area contributed by atoms with Gasteiger partial charge in [0, 0.05) is 31.5 Å². The number of carboxylic acid groups (broad SMARTS) is 1. The fraction of sp³-hybridized carbons (Fsp3) is 0.619. The molecule has 2 saturated heterocycles. The molecule has 1 unspecified atom stereocenters. The molecule has 0 aromatic heterocycles. The molecule has 2 heterocycles. The predicted molar refractivity (Wildman–Crippen MR) is 103 cm³/mol. The Kier molecular flexibility index (Phi) is 5.32. The third kappa shape index (κ3) is 3.73. The maximum atomic E-state index is 13.3. The summed E-state index contributed by atoms with van der Waals surface area (Å²) >= 11 is 0. The van der Waals surface area contributed by atoms with Crippen LogP contribution in [0.1, 0.15) is 56.5 Å². The molecule has 0 saturated carbocycles. The average molecular weight is 374 g/mol. The van der Waals surface area contributed by atoms with Crippen LogP contribution >= 0.6 is 0 Å². The Bertz CT molecular complexity index is 700. The first-order valence-corrected chi connectivity index (χ1v) is 9.71. The van der Waals surface area contributed by atoms with Crippen molar-refractivity contribution in [3.05, 3.63) is 35.4 Å². The standard InChI is InChI=1S/C21H30N2O4/c1-5-22-12-10-21(11-13-22)23(17(14-27-21)19(25)26)18(24)15-6-8-16(9-7-15)20(2,3)4/h6-9,17H,5,10-14H2,1-4H3,(H,25,26). The van der Waals surface area contributed by atoms with Crippen molar-refractivity contribution in [2.75, 3.05) is 26.2 Å². The largest absolute Gasteiger partial charge is 0.480 e. The molecule has 2 aliphatic rings. The zero-order chi connectivity index (χ0) is 19.8. The van der Waals surface area contributed by atoms with Gasteiger partial charge in [-0.3, -0.25) is 9.69 Å². The van der Waals surface area contributed by atoms with Crippen LogP contribution in [0.4, 0.5) is 0 Å². The van der Waals surface area contributed by atoms with Crippen molar-refractivity contribution >= 4 is 11.9 Å². The summed E-state index contributed by atoms with van der Waals surface area (Å²) in [5, 5.41) is 9.66. The van der Waals surface area contributed by atoms with Crippen LogP contribution in [0, 0.1) is 0 Å². The first-order chi connectivity index (χ1) is 12.7. The smallest absolute Gasteiger partial charge is 0.328 e. The number of hydrogen-bond donors (Lipinski definition) is 1. The molecule has 2 fully saturated rings. The Morgan fingerprint density at radius 1 is 1.19 bits per heavy atom. The fourth-order valence-corrected chi connectivity index (χ4v) is 4.03. The van der Waals surface area contributed by atoms with Gasteiger partial charge in [-0.1, -0.05) is 39.8 Å². The summed E-state index contributed by atoms with van der Waals surface area (Å²) in [6.45, 7) is 11.1. The Hall–Kier alpha value is -1.92. The van der Waals surface area contributed by atoms with E-state index in [1.54, 1.807) is 12.1 Å². The van der Waals surface area contributed by atoms with E-state index in [1.165, 1.54) is 4.90 Å². The molecule has 6 nitrogen and oxygen atoms in total. The summed E-state index contributed by atoms with van der Waals surface area (Å²) in [5.74, 6) is -1.27. The van der Waals surface area contributed by atoms with Crippen LogP contribution in [0.3, 0.4) is 0 Å². The number of ether oxygens (including phenoxy) is 1. The van der Waals surface area contributed by atoms with Gasteiger partial charge in [0.1, 0.15) is 5.72 Å². The SMILES string of the molecule is CCN1CCC2(CC1)OCC(C(=O)O)N2C(=O)c1ccc(C(C)(C)C)cc1. The number of amides is 1. The highest BCUT2D eigenvalue weighted by Crippen LogP contribution is 2.38. The fourth-order valence-electron chi connectivity index (χ4n) is 4.03. The zero-order valence-corrected chi connectivity index (χ0v) is 16.7. The average Bonchev–Trinajstić information content (AvgIpc) is 3.00. The van der Waals surface area contributed by atoms with Gasteiger partial charge in [-0.25, -0.2) is 4.79 Å². The second-order valence-electron chi connectivity index (χ2n) is 8.55. The minimum absolute atomic E-state index is 0.00383. The van der Waals surface area contributed by atoms with Crippen LogP contribution in [0.5, 0.6) is 0 Å². The predicted octanol–water partition coefficient (Wildman–Crippen LogP) is 2.72. The van der Waals surface area contributed by atoms with Crippen molar-refractivity contribution in [3.8, 4) is 0 Å². The Morgan fingerprint density at radius 3 is 2.26 bits per heavy atom. The van der Waals surface area contributed by atoms with Crippen LogP contribution in [-0.4, -0.2) is 64.8 Å². The highest BCUT2D eigenvalue weighted by Gasteiger charge is 2.53. The second kappa shape index (κ2) is 7.24. The Balaban J connectivity index is 1.89. The third-order valence-corrected chi connectivity index (χ3v) is 5.85. The second-order valence-corrected chi connectivity index (χ2v) is 8.55. The van der Waals surface area contributed by atoms with Crippen molar-refractivity contribution in [2.45, 2.75) is 57.7 Å². The summed E-state index contributed by atoms with van der Waals surface area (Å²) in [4.78, 5) is 28.9. The lowest BCUT2D eigenvalue weighted by atomic mass is 9.86. The van der Waals surface area contributed by atoms with E-state index >= 15 is 0 Å². The van der Waals surface area contributed by atoms with Gasteiger partial charge in [-0.05, 0) is 29.7 Å². The van der Waals surface area contributed by atoms with E-state index < -0.39 is 17.7 Å². The van der Waals surface area contributed by atoms with Crippen molar-refractivity contribution in [2.24, 2.45) is 0 Å². The summed E-state index contributed by atoms with van der Waals surface area (Å²) in [7, 11) is 0. The van der Waals surface area contributed by atoms with Crippen molar-refractivity contribution in [3.63, 3.8) is 0 Å². The van der Waals surface area contributed by atoms with E-state index in [2.05, 4.69) is 32.6 Å². The number of rotatable bonds is 3. The van der Waals surface area contributed by atoms with E-state index in [1.807, 2.05) is 12.1 Å². The van der Waals surface area contributed by atoms with Gasteiger partial charge in [0.05, 0.1) is 6.61 Å². The van der Waals surface area contributed by atoms with E-state index in [0.717, 1.165) is 25.2 Å². The molecule has 1 atom stereocenters. The molecule has 1 N–H and O–H groups in total. The van der Waals surface area contributed by atoms with Crippen LogP contribution in [0.2, 0.25) is 0 Å². The molecule has 2 aliphatic heterocycles. The van der Waals surface area contributed by atoms with Crippen LogP contribution in [-0.2, 0) is 14.9 Å². The molecule has 0 aliphatic carbocycles. The minimum Gasteiger partial charge on any atom is -0.480 e. The van der Waals surface area contributed by atoms with Gasteiger partial charge in [0.25, 0.3) is 5.91 Å². The van der Waals surface area contributed by atoms with Gasteiger partial charge in [0.15, 0.2) is 6.04 Å². The number of carbonyl (C=O) groups excluding carboxylic acids is 1. The first kappa shape index (κ1) is 19.8. The number of hydrogen-bond acceptors (Lipinski definition) is 4. The first-order valence-electron chi connectivity index (χ1n) is 9.71. The highest BCUT2D eigenvalue weighted by atomic mass is 16.5. The van der Waals surface area contributed by atoms with Crippen molar-refractivity contribution < 1.29 is 19.4 Å². The summed E-state index contributed by atoms with van der Waals surface area (Å²) in [6, 6.07) is 6.57. The van der Waals surface area contributed by atoms with Crippen molar-refractivity contribution in [1.82, 2.24) is 9.80 Å².